The number of carboxylic acid groups (broad SMARTS) is 3. The molecular weight excluding hydrogens is 699 g/mol. The van der Waals surface area contributed by atoms with Gasteiger partial charge < -0.3 is 43.9 Å². The largest absolute Gasteiger partial charge is 2.00 e. The minimum absolute atomic E-state index is 0. The Bertz CT molecular complexity index is 924. The molecule has 2 rings (SSSR count). The van der Waals surface area contributed by atoms with Crippen molar-refractivity contribution >= 4 is 35.8 Å². The van der Waals surface area contributed by atoms with Gasteiger partial charge in [0.2, 0.25) is 0 Å². The zero-order valence-electron chi connectivity index (χ0n) is 22.6. The van der Waals surface area contributed by atoms with Crippen molar-refractivity contribution in [3.05, 3.63) is 67.8 Å². The zero-order valence-corrected chi connectivity index (χ0v) is 25.9. The van der Waals surface area contributed by atoms with Gasteiger partial charge >= 0.3 is 56.2 Å². The molecule has 41 heavy (non-hydrogen) atoms. The second-order valence-corrected chi connectivity index (χ2v) is 9.78. The maximum Gasteiger partial charge on any atom is 2.00 e. The summed E-state index contributed by atoms with van der Waals surface area (Å²) in [4.78, 5) is 59.6. The number of carbonyl (C=O) groups is 6. The Morgan fingerprint density at radius 2 is 0.780 bits per heavy atom. The average molecular weight is 730 g/mol. The number of carbonyl (C=O) groups excluding carboxylic acids is 6. The molecule has 0 amide bonds. The van der Waals surface area contributed by atoms with Crippen LogP contribution in [0.25, 0.3) is 0 Å². The Morgan fingerprint density at radius 3 is 0.976 bits per heavy atom. The van der Waals surface area contributed by atoms with Crippen molar-refractivity contribution in [3.8, 4) is 0 Å². The molecule has 0 aromatic heterocycles. The average Bonchev–Trinajstić information content (AvgIpc) is 2.86. The first-order valence-corrected chi connectivity index (χ1v) is 13.9. The molecule has 0 N–H and O–H groups in total. The zero-order chi connectivity index (χ0) is 30.8. The Labute approximate surface area is 259 Å². The minimum atomic E-state index is -1.41. The molecule has 0 spiro atoms. The van der Waals surface area contributed by atoms with Gasteiger partial charge in [-0.3, -0.25) is 14.4 Å². The number of benzene rings is 2. The van der Waals surface area contributed by atoms with Crippen molar-refractivity contribution < 1.29 is 96.6 Å². The van der Waals surface area contributed by atoms with Crippen molar-refractivity contribution in [2.75, 3.05) is 19.8 Å². The number of hydrogen-bond acceptors (Lipinski definition) is 12. The Morgan fingerprint density at radius 1 is 0.537 bits per heavy atom. The molecule has 0 unspecified atom stereocenters. The van der Waals surface area contributed by atoms with Crippen LogP contribution in [-0.4, -0.2) is 55.6 Å². The van der Waals surface area contributed by atoms with Gasteiger partial charge in [0.25, 0.3) is 0 Å². The van der Waals surface area contributed by atoms with E-state index in [0.717, 1.165) is 0 Å². The van der Waals surface area contributed by atoms with E-state index in [1.807, 2.05) is 0 Å². The number of hydrogen-bond donors (Lipinski definition) is 0. The molecule has 0 saturated heterocycles. The molecule has 0 saturated carbocycles. The van der Waals surface area contributed by atoms with Crippen LogP contribution in [0.1, 0.15) is 40.0 Å². The maximum atomic E-state index is 10.2. The second kappa shape index (κ2) is 28.1. The van der Waals surface area contributed by atoms with Crippen LogP contribution in [0.15, 0.2) is 60.7 Å². The fourth-order valence-electron chi connectivity index (χ4n) is 2.07. The summed E-state index contributed by atoms with van der Waals surface area (Å²) < 4.78 is 15.8. The van der Waals surface area contributed by atoms with Crippen LogP contribution in [0.2, 0.25) is 0 Å². The molecule has 0 aliphatic rings. The maximum absolute atomic E-state index is 10.2. The molecule has 0 atom stereocenters. The van der Waals surface area contributed by atoms with Crippen LogP contribution in [-0.2, 0) is 60.0 Å². The van der Waals surface area contributed by atoms with E-state index in [4.69, 9.17) is 0 Å². The first-order valence-electron chi connectivity index (χ1n) is 11.8. The summed E-state index contributed by atoms with van der Waals surface area (Å²) in [6.45, 7) is 5.41. The fourth-order valence-corrected chi connectivity index (χ4v) is 4.34. The van der Waals surface area contributed by atoms with Crippen molar-refractivity contribution in [2.45, 2.75) is 40.0 Å². The van der Waals surface area contributed by atoms with Crippen LogP contribution < -0.4 is 36.5 Å². The van der Waals surface area contributed by atoms with Crippen molar-refractivity contribution in [2.24, 2.45) is 0 Å². The fraction of sp³-hybridized carbons (Fsp3) is 0.333. The minimum Gasteiger partial charge on any atom is -0.550 e. The molecule has 0 heterocycles. The molecule has 2 aromatic rings. The van der Waals surface area contributed by atoms with E-state index in [0.29, 0.717) is 0 Å². The smallest absolute Gasteiger partial charge is 0.550 e. The second-order valence-electron chi connectivity index (χ2n) is 6.75. The Hall–Kier alpha value is -3.49. The molecule has 0 aliphatic carbocycles. The molecule has 0 aliphatic heterocycles. The molecule has 12 nitrogen and oxygen atoms in total. The van der Waals surface area contributed by atoms with Crippen molar-refractivity contribution in [3.63, 3.8) is 0 Å². The van der Waals surface area contributed by atoms with Crippen LogP contribution >= 0.6 is 0 Å². The normalized spacial score (nSPS) is 8.76. The van der Waals surface area contributed by atoms with E-state index in [9.17, 15) is 44.1 Å². The third-order valence-corrected chi connectivity index (χ3v) is 6.15. The third kappa shape index (κ3) is 30.9. The summed E-state index contributed by atoms with van der Waals surface area (Å²) in [5.74, 6) is -6.48. The van der Waals surface area contributed by atoms with E-state index in [1.54, 1.807) is 20.8 Å². The van der Waals surface area contributed by atoms with Gasteiger partial charge in [-0.15, -0.1) is 0 Å². The van der Waals surface area contributed by atoms with Gasteiger partial charge in [-0.05, 0) is 45.0 Å². The van der Waals surface area contributed by atoms with E-state index < -0.39 is 55.1 Å². The first-order chi connectivity index (χ1) is 18.9. The third-order valence-electron chi connectivity index (χ3n) is 3.47. The summed E-state index contributed by atoms with van der Waals surface area (Å²) in [6, 6.07) is 21.4. The number of ether oxygens (including phenoxy) is 3. The van der Waals surface area contributed by atoms with Crippen molar-refractivity contribution in [1.29, 1.82) is 0 Å². The number of aliphatic carboxylic acids is 3. The molecule has 0 bridgehead atoms. The van der Waals surface area contributed by atoms with E-state index in [2.05, 4.69) is 74.9 Å². The summed E-state index contributed by atoms with van der Waals surface area (Å²) in [5, 5.41) is 29.0. The van der Waals surface area contributed by atoms with Gasteiger partial charge in [-0.25, -0.2) is 0 Å². The predicted octanol–water partition coefficient (Wildman–Crippen LogP) is -4.12. The van der Waals surface area contributed by atoms with Crippen LogP contribution in [0, 0.1) is 7.14 Å². The number of rotatable bonds is 11. The molecule has 14 heteroatoms. The van der Waals surface area contributed by atoms with Crippen molar-refractivity contribution in [1.82, 2.24) is 0 Å². The number of halogens is 1. The van der Waals surface area contributed by atoms with Gasteiger partial charge in [-0.1, -0.05) is 36.4 Å². The SMILES string of the molecule is CCOC(=O)CC(=O)[O-].CCOC(=O)CC(=O)[O-].CCOC(=O)CC(=O)[O-].[Fe+2].c1ccc([I+]c2ccccc2)cc1. The predicted molar refractivity (Wildman–Crippen MR) is 129 cm³/mol. The number of esters is 3. The molecule has 2 aromatic carbocycles. The topological polar surface area (TPSA) is 199 Å². The van der Waals surface area contributed by atoms with E-state index in [-0.39, 0.29) is 58.1 Å². The monoisotopic (exact) mass is 730 g/mol. The van der Waals surface area contributed by atoms with E-state index >= 15 is 0 Å². The quantitative estimate of drug-likeness (QED) is 0.0713. The van der Waals surface area contributed by atoms with E-state index in [1.165, 1.54) is 7.14 Å². The standard InChI is InChI=1S/C12H10I.3C5H8O4.Fe/c1-3-7-11(8-4-1)13-12-9-5-2-6-10-12;3*1-2-9-5(8)3-4(6)7;/h1-10H;3*2-3H2,1H3,(H,6,7);/q+1;;;;+2/p-3. The van der Waals surface area contributed by atoms with Gasteiger partial charge in [0.1, 0.15) is 0 Å². The molecule has 226 valence electrons. The van der Waals surface area contributed by atoms with Gasteiger partial charge in [0, 0.05) is 0 Å². The Balaban J connectivity index is -0.000000475. The van der Waals surface area contributed by atoms with Gasteiger partial charge in [0.15, 0.2) is 7.14 Å². The molecular formula is C27H31FeIO12. The summed E-state index contributed by atoms with van der Waals surface area (Å²) >= 11 is 0.0287. The first kappa shape index (κ1) is 42.0. The summed E-state index contributed by atoms with van der Waals surface area (Å²) in [6.07, 6.45) is -1.98. The van der Waals surface area contributed by atoms with Crippen LogP contribution in [0.4, 0.5) is 0 Å². The Kier molecular flexibility index (Phi) is 28.7. The molecule has 0 radical (unpaired) electrons. The molecule has 0 fully saturated rings. The van der Waals surface area contributed by atoms with Gasteiger partial charge in [-0.2, -0.15) is 0 Å². The number of carboxylic acids is 3. The summed E-state index contributed by atoms with van der Waals surface area (Å²) in [7, 11) is 0. The van der Waals surface area contributed by atoms with Crippen LogP contribution in [0.5, 0.6) is 0 Å². The summed E-state index contributed by atoms with van der Waals surface area (Å²) in [5.41, 5.74) is 0. The van der Waals surface area contributed by atoms with Gasteiger partial charge in [0.05, 0.1) is 57.0 Å². The van der Waals surface area contributed by atoms with Crippen LogP contribution in [0.3, 0.4) is 0 Å².